The molecule has 2 aromatic carbocycles. The molecule has 0 spiro atoms. The number of aromatic nitrogens is 2. The van der Waals surface area contributed by atoms with E-state index in [1.807, 2.05) is 0 Å². The van der Waals surface area contributed by atoms with Crippen molar-refractivity contribution < 1.29 is 9.13 Å². The minimum Gasteiger partial charge on any atom is -0.371 e. The Morgan fingerprint density at radius 1 is 0.591 bits per heavy atom. The highest BCUT2D eigenvalue weighted by atomic mass is 32.1. The standard InChI is InChI=1S/C32H42N8S2.2CH3/c1-7-37-15-17-41-31(37)35-33-27-19-25(5)29(21-23(27)3)39-11-9-13-40(14-10-12-39)30-22-24(4)28(20-26(30)6)34-36-32-38(8-2)16-18-42-32;;/h15-22H,7-14H2,1-6H3;2*1H3/q+2;2*-1. The molecule has 0 bridgehead atoms. The lowest BCUT2D eigenvalue weighted by Crippen LogP contribution is -2.37. The van der Waals surface area contributed by atoms with E-state index >= 15 is 0 Å². The Morgan fingerprint density at radius 3 is 1.34 bits per heavy atom. The third-order valence-corrected chi connectivity index (χ3v) is 9.48. The SMILES string of the molecule is CC[n+]1ccsc1N=Nc1cc(C)c(N2CCCN(c3cc(C)c(N=Nc4scc[n+]4CC)cc3C)CCC2)cc1C.[CH3-].[CH3-]. The molecule has 8 nitrogen and oxygen atoms in total. The fraction of sp³-hybridized carbons (Fsp3) is 0.412. The van der Waals surface area contributed by atoms with Crippen LogP contribution in [0.3, 0.4) is 0 Å². The first-order chi connectivity index (χ1) is 20.4. The zero-order valence-electron chi connectivity index (χ0n) is 27.7. The number of azo groups is 2. The van der Waals surface area contributed by atoms with Crippen LogP contribution in [0.2, 0.25) is 0 Å². The largest absolute Gasteiger partial charge is 0.408 e. The third-order valence-electron chi connectivity index (χ3n) is 7.91. The van der Waals surface area contributed by atoms with E-state index in [4.69, 9.17) is 0 Å². The monoisotopic (exact) mass is 632 g/mol. The van der Waals surface area contributed by atoms with Gasteiger partial charge in [-0.05, 0) is 134 Å². The second-order valence-electron chi connectivity index (χ2n) is 10.9. The van der Waals surface area contributed by atoms with Gasteiger partial charge in [0, 0.05) is 48.3 Å². The summed E-state index contributed by atoms with van der Waals surface area (Å²) in [5.41, 5.74) is 9.35. The van der Waals surface area contributed by atoms with Gasteiger partial charge in [0.1, 0.15) is 23.8 Å². The maximum atomic E-state index is 4.61. The van der Waals surface area contributed by atoms with E-state index in [2.05, 4.69) is 128 Å². The normalized spacial score (nSPS) is 14.0. The van der Waals surface area contributed by atoms with E-state index < -0.39 is 0 Å². The van der Waals surface area contributed by atoms with Crippen molar-refractivity contribution in [3.8, 4) is 0 Å². The van der Waals surface area contributed by atoms with Crippen molar-refractivity contribution in [1.29, 1.82) is 0 Å². The van der Waals surface area contributed by atoms with Crippen molar-refractivity contribution in [2.24, 2.45) is 20.5 Å². The number of anilines is 2. The van der Waals surface area contributed by atoms with Crippen LogP contribution in [0.4, 0.5) is 33.0 Å². The molecule has 2 aromatic heterocycles. The highest BCUT2D eigenvalue weighted by Gasteiger charge is 2.19. The number of thiazole rings is 2. The summed E-state index contributed by atoms with van der Waals surface area (Å²) in [6.45, 7) is 18.8. The highest BCUT2D eigenvalue weighted by molar-refractivity contribution is 7.13. The molecule has 5 rings (SSSR count). The molecule has 1 saturated heterocycles. The van der Waals surface area contributed by atoms with E-state index in [0.717, 1.165) is 84.9 Å². The first kappa shape index (κ1) is 35.0. The van der Waals surface area contributed by atoms with Crippen LogP contribution in [-0.4, -0.2) is 26.2 Å². The van der Waals surface area contributed by atoms with E-state index in [9.17, 15) is 0 Å². The van der Waals surface area contributed by atoms with Crippen molar-refractivity contribution in [3.63, 3.8) is 0 Å². The van der Waals surface area contributed by atoms with Crippen molar-refractivity contribution >= 4 is 55.7 Å². The molecule has 3 heterocycles. The summed E-state index contributed by atoms with van der Waals surface area (Å²) in [5.74, 6) is 0. The number of hydrogen-bond acceptors (Lipinski definition) is 8. The molecule has 0 aliphatic carbocycles. The topological polar surface area (TPSA) is 63.7 Å². The van der Waals surface area contributed by atoms with Crippen LogP contribution in [0, 0.1) is 42.5 Å². The molecule has 236 valence electrons. The lowest BCUT2D eigenvalue weighted by Gasteiger charge is -2.34. The van der Waals surface area contributed by atoms with Crippen LogP contribution in [0.25, 0.3) is 0 Å². The van der Waals surface area contributed by atoms with Gasteiger partial charge in [-0.3, -0.25) is 0 Å². The van der Waals surface area contributed by atoms with Crippen LogP contribution >= 0.6 is 22.7 Å². The summed E-state index contributed by atoms with van der Waals surface area (Å²) in [6.07, 6.45) is 6.32. The van der Waals surface area contributed by atoms with E-state index in [0.29, 0.717) is 0 Å². The minimum absolute atomic E-state index is 0. The molecule has 1 fully saturated rings. The van der Waals surface area contributed by atoms with Crippen molar-refractivity contribution in [2.45, 2.75) is 67.5 Å². The average molecular weight is 633 g/mol. The van der Waals surface area contributed by atoms with Crippen LogP contribution < -0.4 is 18.9 Å². The Morgan fingerprint density at radius 2 is 0.977 bits per heavy atom. The first-order valence-corrected chi connectivity index (χ1v) is 16.6. The zero-order chi connectivity index (χ0) is 29.6. The molecule has 1 aliphatic heterocycles. The molecule has 0 unspecified atom stereocenters. The van der Waals surface area contributed by atoms with E-state index in [-0.39, 0.29) is 14.9 Å². The molecule has 1 aliphatic rings. The molecule has 0 N–H and O–H groups in total. The second kappa shape index (κ2) is 16.0. The molecular formula is C34H48N8S2. The summed E-state index contributed by atoms with van der Waals surface area (Å²) in [7, 11) is 0. The average Bonchev–Trinajstić information content (AvgIpc) is 3.63. The van der Waals surface area contributed by atoms with Crippen molar-refractivity contribution in [3.05, 3.63) is 84.5 Å². The fourth-order valence-electron chi connectivity index (χ4n) is 5.51. The lowest BCUT2D eigenvalue weighted by atomic mass is 10.0. The predicted octanol–water partition coefficient (Wildman–Crippen LogP) is 9.50. The molecule has 0 amide bonds. The van der Waals surface area contributed by atoms with Crippen LogP contribution in [0.1, 0.15) is 48.9 Å². The molecule has 4 aromatic rings. The number of rotatable bonds is 8. The van der Waals surface area contributed by atoms with Crippen LogP contribution in [-0.2, 0) is 13.1 Å². The maximum Gasteiger partial charge on any atom is 0.408 e. The molecule has 0 radical (unpaired) electrons. The van der Waals surface area contributed by atoms with Gasteiger partial charge in [-0.25, -0.2) is 9.13 Å². The van der Waals surface area contributed by atoms with Crippen molar-refractivity contribution in [1.82, 2.24) is 0 Å². The summed E-state index contributed by atoms with van der Waals surface area (Å²) >= 11 is 3.24. The number of benzene rings is 2. The molecule has 44 heavy (non-hydrogen) atoms. The Balaban J connectivity index is 0.00000264. The van der Waals surface area contributed by atoms with Gasteiger partial charge in [-0.2, -0.15) is 0 Å². The number of nitrogens with zero attached hydrogens (tertiary/aromatic N) is 8. The molecule has 0 saturated carbocycles. The third kappa shape index (κ3) is 7.95. The van der Waals surface area contributed by atoms with Gasteiger partial charge in [-0.15, -0.1) is 0 Å². The quantitative estimate of drug-likeness (QED) is 0.110. The van der Waals surface area contributed by atoms with Crippen LogP contribution in [0.15, 0.2) is 67.9 Å². The molecular weight excluding hydrogens is 585 g/mol. The van der Waals surface area contributed by atoms with Gasteiger partial charge in [0.05, 0.1) is 23.3 Å². The molecule has 0 atom stereocenters. The van der Waals surface area contributed by atoms with Gasteiger partial charge in [0.25, 0.3) is 0 Å². The van der Waals surface area contributed by atoms with Crippen LogP contribution in [0.5, 0.6) is 0 Å². The summed E-state index contributed by atoms with van der Waals surface area (Å²) in [4.78, 5) is 5.11. The van der Waals surface area contributed by atoms with E-state index in [1.54, 1.807) is 22.7 Å². The second-order valence-corrected chi connectivity index (χ2v) is 12.6. The number of hydrogen-bond donors (Lipinski definition) is 0. The Labute approximate surface area is 272 Å². The smallest absolute Gasteiger partial charge is 0.371 e. The lowest BCUT2D eigenvalue weighted by molar-refractivity contribution is -0.677. The van der Waals surface area contributed by atoms with Crippen molar-refractivity contribution in [2.75, 3.05) is 36.0 Å². The molecule has 10 heteroatoms. The zero-order valence-corrected chi connectivity index (χ0v) is 29.3. The summed E-state index contributed by atoms with van der Waals surface area (Å²) < 4.78 is 4.23. The van der Waals surface area contributed by atoms with Gasteiger partial charge >= 0.3 is 10.3 Å². The summed E-state index contributed by atoms with van der Waals surface area (Å²) in [5, 5.41) is 24.3. The Hall–Kier alpha value is -3.50. The summed E-state index contributed by atoms with van der Waals surface area (Å²) in [6, 6.07) is 8.97. The Kier molecular flexibility index (Phi) is 12.7. The van der Waals surface area contributed by atoms with E-state index in [1.165, 1.54) is 22.5 Å². The minimum atomic E-state index is 0. The maximum absolute atomic E-state index is 4.61. The predicted molar refractivity (Wildman–Crippen MR) is 187 cm³/mol. The first-order valence-electron chi connectivity index (χ1n) is 14.9. The Bertz CT molecular complexity index is 1460. The highest BCUT2D eigenvalue weighted by Crippen LogP contribution is 2.33. The number of aryl methyl sites for hydroxylation is 6. The van der Waals surface area contributed by atoms with Gasteiger partial charge in [0.15, 0.2) is 0 Å². The fourth-order valence-corrected chi connectivity index (χ4v) is 6.99. The van der Waals surface area contributed by atoms with Gasteiger partial charge in [0.2, 0.25) is 0 Å². The van der Waals surface area contributed by atoms with Gasteiger partial charge < -0.3 is 24.7 Å². The van der Waals surface area contributed by atoms with Gasteiger partial charge in [-0.1, -0.05) is 0 Å².